The Labute approximate surface area is 170 Å². The summed E-state index contributed by atoms with van der Waals surface area (Å²) in [7, 11) is 0. The molecule has 6 nitrogen and oxygen atoms in total. The molecule has 0 aromatic heterocycles. The topological polar surface area (TPSA) is 76.1 Å². The number of rotatable bonds is 6. The van der Waals surface area contributed by atoms with Gasteiger partial charge in [-0.3, -0.25) is 4.90 Å². The quantitative estimate of drug-likeness (QED) is 0.529. The van der Waals surface area contributed by atoms with Gasteiger partial charge in [-0.05, 0) is 67.7 Å². The number of nitrogens with zero attached hydrogens (tertiary/aromatic N) is 1. The van der Waals surface area contributed by atoms with Crippen LogP contribution in [0.15, 0.2) is 12.2 Å². The summed E-state index contributed by atoms with van der Waals surface area (Å²) < 4.78 is 11.2. The Balaban J connectivity index is 3.24. The van der Waals surface area contributed by atoms with Crippen LogP contribution in [-0.4, -0.2) is 51.5 Å². The number of likely N-dealkylation sites (tertiary alicyclic amines) is 1. The van der Waals surface area contributed by atoms with Crippen LogP contribution in [0.3, 0.4) is 0 Å². The number of ether oxygens (including phenoxy) is 2. The lowest BCUT2D eigenvalue weighted by atomic mass is 9.93. The third kappa shape index (κ3) is 7.46. The molecule has 1 unspecified atom stereocenters. The van der Waals surface area contributed by atoms with Crippen LogP contribution >= 0.6 is 0 Å². The first-order valence-corrected chi connectivity index (χ1v) is 10.3. The molecule has 1 aliphatic rings. The number of hydrogen-bond acceptors (Lipinski definition) is 5. The zero-order chi connectivity index (χ0) is 21.7. The third-order valence-electron chi connectivity index (χ3n) is 4.54. The standard InChI is InChI=1S/C22H39NO5/c1-9-11-15-13-18(19(25)27-21(3,4)5)23(20(26)28-22(6,7)8)17(15)14-16(24)12-10-2/h9,11,15-18,24H,10,12-14H2,1-8H3/t15-,16?,17-,18-/m1/s1. The van der Waals surface area contributed by atoms with Crippen LogP contribution < -0.4 is 0 Å². The summed E-state index contributed by atoms with van der Waals surface area (Å²) in [4.78, 5) is 27.4. The normalized spacial score (nSPS) is 24.5. The van der Waals surface area contributed by atoms with E-state index in [0.29, 0.717) is 19.3 Å². The second-order valence-corrected chi connectivity index (χ2v) is 9.61. The molecule has 1 amide bonds. The van der Waals surface area contributed by atoms with Gasteiger partial charge in [0.25, 0.3) is 0 Å². The highest BCUT2D eigenvalue weighted by molar-refractivity contribution is 5.83. The lowest BCUT2D eigenvalue weighted by Gasteiger charge is -2.34. The van der Waals surface area contributed by atoms with E-state index < -0.39 is 35.4 Å². The number of aliphatic hydroxyl groups excluding tert-OH is 1. The van der Waals surface area contributed by atoms with Crippen molar-refractivity contribution in [3.8, 4) is 0 Å². The molecule has 1 rings (SSSR count). The van der Waals surface area contributed by atoms with Crippen molar-refractivity contribution < 1.29 is 24.2 Å². The van der Waals surface area contributed by atoms with Crippen LogP contribution in [0.25, 0.3) is 0 Å². The van der Waals surface area contributed by atoms with Gasteiger partial charge in [0.2, 0.25) is 0 Å². The van der Waals surface area contributed by atoms with Crippen molar-refractivity contribution in [1.82, 2.24) is 4.90 Å². The average molecular weight is 398 g/mol. The van der Waals surface area contributed by atoms with E-state index in [1.807, 2.05) is 46.8 Å². The van der Waals surface area contributed by atoms with Crippen LogP contribution in [0.2, 0.25) is 0 Å². The van der Waals surface area contributed by atoms with Crippen molar-refractivity contribution in [2.75, 3.05) is 0 Å². The molecule has 162 valence electrons. The molecule has 1 aliphatic heterocycles. The smallest absolute Gasteiger partial charge is 0.411 e. The zero-order valence-electron chi connectivity index (χ0n) is 18.8. The van der Waals surface area contributed by atoms with E-state index in [9.17, 15) is 14.7 Å². The third-order valence-corrected chi connectivity index (χ3v) is 4.54. The zero-order valence-corrected chi connectivity index (χ0v) is 18.8. The average Bonchev–Trinajstić information content (AvgIpc) is 2.83. The number of esters is 1. The Hall–Kier alpha value is -1.56. The lowest BCUT2D eigenvalue weighted by Crippen LogP contribution is -2.50. The molecule has 0 radical (unpaired) electrons. The van der Waals surface area contributed by atoms with Crippen LogP contribution in [0, 0.1) is 5.92 Å². The summed E-state index contributed by atoms with van der Waals surface area (Å²) in [5.74, 6) is -0.470. The monoisotopic (exact) mass is 397 g/mol. The molecular weight excluding hydrogens is 358 g/mol. The molecule has 4 atom stereocenters. The highest BCUT2D eigenvalue weighted by Gasteiger charge is 2.49. The summed E-state index contributed by atoms with van der Waals surface area (Å²) in [5, 5.41) is 10.4. The molecule has 0 bridgehead atoms. The van der Waals surface area contributed by atoms with Crippen LogP contribution in [-0.2, 0) is 14.3 Å². The minimum Gasteiger partial charge on any atom is -0.458 e. The molecule has 0 aromatic rings. The van der Waals surface area contributed by atoms with Gasteiger partial charge in [-0.25, -0.2) is 9.59 Å². The van der Waals surface area contributed by atoms with Gasteiger partial charge in [0.15, 0.2) is 0 Å². The highest BCUT2D eigenvalue weighted by Crippen LogP contribution is 2.36. The number of aliphatic hydroxyl groups is 1. The molecule has 0 aromatic carbocycles. The molecular formula is C22H39NO5. The number of carbonyl (C=O) groups excluding carboxylic acids is 2. The van der Waals surface area contributed by atoms with E-state index in [4.69, 9.17) is 9.47 Å². The Bertz CT molecular complexity index is 558. The largest absolute Gasteiger partial charge is 0.458 e. The lowest BCUT2D eigenvalue weighted by molar-refractivity contribution is -0.160. The maximum absolute atomic E-state index is 13.0. The number of allylic oxidation sites excluding steroid dienone is 1. The summed E-state index contributed by atoms with van der Waals surface area (Å²) in [6, 6.07) is -1.04. The molecule has 6 heteroatoms. The van der Waals surface area contributed by atoms with E-state index in [1.54, 1.807) is 20.8 Å². The number of hydrogen-bond donors (Lipinski definition) is 1. The summed E-state index contributed by atoms with van der Waals surface area (Å²) >= 11 is 0. The van der Waals surface area contributed by atoms with Gasteiger partial charge in [-0.15, -0.1) is 0 Å². The SMILES string of the molecule is CC=C[C@@H]1C[C@H](C(=O)OC(C)(C)C)N(C(=O)OC(C)(C)C)[C@@H]1CC(O)CCC. The van der Waals surface area contributed by atoms with Gasteiger partial charge >= 0.3 is 12.1 Å². The molecule has 1 saturated heterocycles. The van der Waals surface area contributed by atoms with Gasteiger partial charge in [-0.1, -0.05) is 25.5 Å². The first-order chi connectivity index (χ1) is 12.8. The second-order valence-electron chi connectivity index (χ2n) is 9.61. The second kappa shape index (κ2) is 9.77. The van der Waals surface area contributed by atoms with Gasteiger partial charge in [0.1, 0.15) is 17.2 Å². The van der Waals surface area contributed by atoms with Gasteiger partial charge in [0, 0.05) is 12.0 Å². The van der Waals surface area contributed by atoms with E-state index in [2.05, 4.69) is 0 Å². The van der Waals surface area contributed by atoms with Crippen molar-refractivity contribution >= 4 is 12.1 Å². The maximum Gasteiger partial charge on any atom is 0.411 e. The van der Waals surface area contributed by atoms with E-state index in [1.165, 1.54) is 4.90 Å². The molecule has 0 spiro atoms. The first kappa shape index (κ1) is 24.5. The van der Waals surface area contributed by atoms with Crippen LogP contribution in [0.1, 0.15) is 81.1 Å². The maximum atomic E-state index is 13.0. The van der Waals surface area contributed by atoms with E-state index >= 15 is 0 Å². The first-order valence-electron chi connectivity index (χ1n) is 10.3. The van der Waals surface area contributed by atoms with Gasteiger partial charge in [0.05, 0.1) is 6.10 Å². The van der Waals surface area contributed by atoms with Crippen LogP contribution in [0.5, 0.6) is 0 Å². The molecule has 1 fully saturated rings. The van der Waals surface area contributed by atoms with E-state index in [0.717, 1.165) is 6.42 Å². The van der Waals surface area contributed by atoms with E-state index in [-0.39, 0.29) is 12.0 Å². The Morgan fingerprint density at radius 2 is 1.71 bits per heavy atom. The van der Waals surface area contributed by atoms with Crippen LogP contribution in [0.4, 0.5) is 4.79 Å². The Morgan fingerprint density at radius 3 is 2.18 bits per heavy atom. The summed E-state index contributed by atoms with van der Waals surface area (Å²) in [6.07, 6.45) is 5.22. The predicted molar refractivity (Wildman–Crippen MR) is 110 cm³/mol. The van der Waals surface area contributed by atoms with Crippen molar-refractivity contribution in [3.63, 3.8) is 0 Å². The van der Waals surface area contributed by atoms with Gasteiger partial charge < -0.3 is 14.6 Å². The minimum atomic E-state index is -0.728. The van der Waals surface area contributed by atoms with Crippen molar-refractivity contribution in [3.05, 3.63) is 12.2 Å². The Morgan fingerprint density at radius 1 is 1.14 bits per heavy atom. The van der Waals surface area contributed by atoms with Crippen molar-refractivity contribution in [1.29, 1.82) is 0 Å². The van der Waals surface area contributed by atoms with Crippen molar-refractivity contribution in [2.24, 2.45) is 5.92 Å². The fraction of sp³-hybridized carbons (Fsp3) is 0.818. The molecule has 0 aliphatic carbocycles. The van der Waals surface area contributed by atoms with Crippen molar-refractivity contribution in [2.45, 2.75) is 110 Å². The summed E-state index contributed by atoms with van der Waals surface area (Å²) in [6.45, 7) is 14.8. The number of amides is 1. The minimum absolute atomic E-state index is 0.0402. The Kier molecular flexibility index (Phi) is 8.54. The predicted octanol–water partition coefficient (Wildman–Crippen LogP) is 4.45. The fourth-order valence-electron chi connectivity index (χ4n) is 3.59. The number of carbonyl (C=O) groups is 2. The fourth-order valence-corrected chi connectivity index (χ4v) is 3.59. The summed E-state index contributed by atoms with van der Waals surface area (Å²) in [5.41, 5.74) is -1.33. The molecule has 1 heterocycles. The molecule has 28 heavy (non-hydrogen) atoms. The highest BCUT2D eigenvalue weighted by atomic mass is 16.6. The van der Waals surface area contributed by atoms with Gasteiger partial charge in [-0.2, -0.15) is 0 Å². The molecule has 0 saturated carbocycles. The molecule has 1 N–H and O–H groups in total.